The number of rotatable bonds is 8. The molecule has 142 valence electrons. The van der Waals surface area contributed by atoms with Crippen LogP contribution in [-0.2, 0) is 13.1 Å². The van der Waals surface area contributed by atoms with Crippen LogP contribution < -0.4 is 9.47 Å². The molecule has 0 aliphatic carbocycles. The van der Waals surface area contributed by atoms with Crippen molar-refractivity contribution >= 4 is 11.3 Å². The summed E-state index contributed by atoms with van der Waals surface area (Å²) in [7, 11) is 3.29. The summed E-state index contributed by atoms with van der Waals surface area (Å²) >= 11 is 1.79. The number of methoxy groups -OCH3 is 2. The Labute approximate surface area is 159 Å². The van der Waals surface area contributed by atoms with Crippen molar-refractivity contribution in [3.05, 3.63) is 40.3 Å². The SMILES string of the molecule is COc1ccnc(CN2CCN(Cc3cccs3)C(CCO)C2)c1OC. The Kier molecular flexibility index (Phi) is 6.85. The zero-order valence-electron chi connectivity index (χ0n) is 15.4. The van der Waals surface area contributed by atoms with Gasteiger partial charge in [0.2, 0.25) is 0 Å². The highest BCUT2D eigenvalue weighted by molar-refractivity contribution is 7.09. The third-order valence-electron chi connectivity index (χ3n) is 4.83. The first-order valence-electron chi connectivity index (χ1n) is 8.90. The van der Waals surface area contributed by atoms with E-state index in [0.29, 0.717) is 17.5 Å². The number of hydrogen-bond donors (Lipinski definition) is 1. The molecule has 2 aromatic heterocycles. The molecule has 0 amide bonds. The fourth-order valence-corrected chi connectivity index (χ4v) is 4.24. The Morgan fingerprint density at radius 1 is 1.23 bits per heavy atom. The number of aromatic nitrogens is 1. The first-order valence-corrected chi connectivity index (χ1v) is 9.78. The van der Waals surface area contributed by atoms with Gasteiger partial charge in [0.1, 0.15) is 5.69 Å². The molecule has 1 atom stereocenters. The molecule has 0 bridgehead atoms. The lowest BCUT2D eigenvalue weighted by atomic mass is 10.1. The lowest BCUT2D eigenvalue weighted by molar-refractivity contribution is 0.0496. The molecule has 1 aliphatic heterocycles. The minimum Gasteiger partial charge on any atom is -0.493 e. The Morgan fingerprint density at radius 3 is 2.81 bits per heavy atom. The van der Waals surface area contributed by atoms with Gasteiger partial charge in [0.05, 0.1) is 14.2 Å². The van der Waals surface area contributed by atoms with Crippen molar-refractivity contribution in [2.24, 2.45) is 0 Å². The van der Waals surface area contributed by atoms with Crippen LogP contribution in [0.15, 0.2) is 29.8 Å². The van der Waals surface area contributed by atoms with Crippen LogP contribution in [0.1, 0.15) is 17.0 Å². The number of piperazine rings is 1. The molecule has 1 N–H and O–H groups in total. The Hall–Kier alpha value is -1.67. The Balaban J connectivity index is 1.67. The second-order valence-electron chi connectivity index (χ2n) is 6.44. The predicted octanol–water partition coefficient (Wildman–Crippen LogP) is 2.23. The summed E-state index contributed by atoms with van der Waals surface area (Å²) in [5, 5.41) is 11.6. The molecule has 3 rings (SSSR count). The second-order valence-corrected chi connectivity index (χ2v) is 7.48. The molecule has 1 aliphatic rings. The lowest BCUT2D eigenvalue weighted by Gasteiger charge is -2.41. The standard InChI is InChI=1S/C19H27N3O3S/c1-24-18-5-7-20-17(19(18)25-2)14-21-8-9-22(15(12-21)6-10-23)13-16-4-3-11-26-16/h3-5,7,11,15,23H,6,8-10,12-14H2,1-2H3. The minimum atomic E-state index is 0.209. The highest BCUT2D eigenvalue weighted by Gasteiger charge is 2.28. The summed E-state index contributed by atoms with van der Waals surface area (Å²) in [4.78, 5) is 10.7. The van der Waals surface area contributed by atoms with Crippen LogP contribution in [0.25, 0.3) is 0 Å². The topological polar surface area (TPSA) is 58.1 Å². The molecule has 1 saturated heterocycles. The van der Waals surface area contributed by atoms with Crippen LogP contribution in [0, 0.1) is 0 Å². The first kappa shape index (κ1) is 19.1. The number of hydrogen-bond acceptors (Lipinski definition) is 7. The van der Waals surface area contributed by atoms with E-state index in [2.05, 4.69) is 32.3 Å². The van der Waals surface area contributed by atoms with Gasteiger partial charge in [-0.2, -0.15) is 0 Å². The van der Waals surface area contributed by atoms with Crippen LogP contribution in [0.4, 0.5) is 0 Å². The van der Waals surface area contributed by atoms with Gasteiger partial charge >= 0.3 is 0 Å². The van der Waals surface area contributed by atoms with Gasteiger partial charge < -0.3 is 14.6 Å². The maximum atomic E-state index is 9.50. The van der Waals surface area contributed by atoms with Gasteiger partial charge in [-0.1, -0.05) is 6.07 Å². The summed E-state index contributed by atoms with van der Waals surface area (Å²) in [6.07, 6.45) is 2.54. The maximum Gasteiger partial charge on any atom is 0.183 e. The van der Waals surface area contributed by atoms with Gasteiger partial charge in [-0.15, -0.1) is 11.3 Å². The van der Waals surface area contributed by atoms with Crippen molar-refractivity contribution < 1.29 is 14.6 Å². The van der Waals surface area contributed by atoms with Crippen molar-refractivity contribution in [3.63, 3.8) is 0 Å². The van der Waals surface area contributed by atoms with Crippen molar-refractivity contribution in [2.75, 3.05) is 40.5 Å². The van der Waals surface area contributed by atoms with Crippen LogP contribution in [-0.4, -0.2) is 66.4 Å². The second kappa shape index (κ2) is 9.32. The molecule has 3 heterocycles. The van der Waals surface area contributed by atoms with Crippen LogP contribution in [0.3, 0.4) is 0 Å². The molecule has 0 aromatic carbocycles. The number of aliphatic hydroxyl groups is 1. The summed E-state index contributed by atoms with van der Waals surface area (Å²) in [6, 6.07) is 6.43. The van der Waals surface area contributed by atoms with Gasteiger partial charge in [0.25, 0.3) is 0 Å². The van der Waals surface area contributed by atoms with Gasteiger partial charge in [0, 0.05) is 62.5 Å². The fraction of sp³-hybridized carbons (Fsp3) is 0.526. The molecule has 6 nitrogen and oxygen atoms in total. The minimum absolute atomic E-state index is 0.209. The van der Waals surface area contributed by atoms with Gasteiger partial charge in [-0.3, -0.25) is 14.8 Å². The van der Waals surface area contributed by atoms with Crippen LogP contribution in [0.2, 0.25) is 0 Å². The van der Waals surface area contributed by atoms with Crippen LogP contribution in [0.5, 0.6) is 11.5 Å². The van der Waals surface area contributed by atoms with E-state index >= 15 is 0 Å². The molecular formula is C19H27N3O3S. The summed E-state index contributed by atoms with van der Waals surface area (Å²) < 4.78 is 10.9. The zero-order chi connectivity index (χ0) is 18.4. The third-order valence-corrected chi connectivity index (χ3v) is 5.69. The average Bonchev–Trinajstić information content (AvgIpc) is 3.17. The van der Waals surface area contributed by atoms with E-state index in [1.54, 1.807) is 31.8 Å². The zero-order valence-corrected chi connectivity index (χ0v) is 16.2. The van der Waals surface area contributed by atoms with E-state index < -0.39 is 0 Å². The highest BCUT2D eigenvalue weighted by Crippen LogP contribution is 2.30. The molecule has 1 fully saturated rings. The lowest BCUT2D eigenvalue weighted by Crippen LogP contribution is -2.52. The first-order chi connectivity index (χ1) is 12.7. The maximum absolute atomic E-state index is 9.50. The fourth-order valence-electron chi connectivity index (χ4n) is 3.51. The van der Waals surface area contributed by atoms with E-state index in [0.717, 1.165) is 44.8 Å². The summed E-state index contributed by atoms with van der Waals surface area (Å²) in [6.45, 7) is 4.74. The Morgan fingerprint density at radius 2 is 2.12 bits per heavy atom. The number of pyridine rings is 1. The van der Waals surface area contributed by atoms with Crippen molar-refractivity contribution in [3.8, 4) is 11.5 Å². The molecular weight excluding hydrogens is 350 g/mol. The van der Waals surface area contributed by atoms with E-state index in [1.807, 2.05) is 6.07 Å². The number of thiophene rings is 1. The summed E-state index contributed by atoms with van der Waals surface area (Å²) in [5.41, 5.74) is 0.890. The summed E-state index contributed by atoms with van der Waals surface area (Å²) in [5.74, 6) is 1.41. The van der Waals surface area contributed by atoms with Crippen molar-refractivity contribution in [2.45, 2.75) is 25.6 Å². The molecule has 26 heavy (non-hydrogen) atoms. The number of ether oxygens (including phenoxy) is 2. The normalized spacial score (nSPS) is 18.8. The van der Waals surface area contributed by atoms with E-state index in [9.17, 15) is 5.11 Å². The van der Waals surface area contributed by atoms with Crippen LogP contribution >= 0.6 is 11.3 Å². The van der Waals surface area contributed by atoms with E-state index in [-0.39, 0.29) is 6.61 Å². The predicted molar refractivity (Wildman–Crippen MR) is 103 cm³/mol. The molecule has 1 unspecified atom stereocenters. The van der Waals surface area contributed by atoms with Gasteiger partial charge in [0.15, 0.2) is 11.5 Å². The quantitative estimate of drug-likeness (QED) is 0.761. The molecule has 0 saturated carbocycles. The molecule has 7 heteroatoms. The Bertz CT molecular complexity index is 681. The third kappa shape index (κ3) is 4.54. The van der Waals surface area contributed by atoms with E-state index in [4.69, 9.17) is 9.47 Å². The number of nitrogens with zero attached hydrogens (tertiary/aromatic N) is 3. The number of aliphatic hydroxyl groups excluding tert-OH is 1. The highest BCUT2D eigenvalue weighted by atomic mass is 32.1. The molecule has 2 aromatic rings. The molecule has 0 radical (unpaired) electrons. The largest absolute Gasteiger partial charge is 0.493 e. The smallest absolute Gasteiger partial charge is 0.183 e. The van der Waals surface area contributed by atoms with Gasteiger partial charge in [-0.05, 0) is 17.9 Å². The van der Waals surface area contributed by atoms with Gasteiger partial charge in [-0.25, -0.2) is 0 Å². The molecule has 0 spiro atoms. The monoisotopic (exact) mass is 377 g/mol. The van der Waals surface area contributed by atoms with E-state index in [1.165, 1.54) is 4.88 Å². The average molecular weight is 378 g/mol. The van der Waals surface area contributed by atoms with Crippen molar-refractivity contribution in [1.82, 2.24) is 14.8 Å². The van der Waals surface area contributed by atoms with Crippen molar-refractivity contribution in [1.29, 1.82) is 0 Å².